The molecule has 2 fully saturated rings. The SMILES string of the molecule is O=C(Nc1ccc(-n2ccc(C(F)(F)F)n2)cc1)NC1[C@H]2CNC[C@@H]12. The molecule has 0 radical (unpaired) electrons. The molecule has 132 valence electrons. The fourth-order valence-electron chi connectivity index (χ4n) is 3.27. The van der Waals surface area contributed by atoms with Gasteiger partial charge in [0.25, 0.3) is 0 Å². The molecule has 3 atom stereocenters. The Morgan fingerprint density at radius 2 is 1.84 bits per heavy atom. The third-order valence-corrected chi connectivity index (χ3v) is 4.66. The fourth-order valence-corrected chi connectivity index (χ4v) is 3.27. The minimum atomic E-state index is -4.47. The van der Waals surface area contributed by atoms with Gasteiger partial charge in [0, 0.05) is 31.0 Å². The molecule has 2 aromatic rings. The van der Waals surface area contributed by atoms with E-state index in [-0.39, 0.29) is 12.1 Å². The highest BCUT2D eigenvalue weighted by Gasteiger charge is 2.53. The topological polar surface area (TPSA) is 71.0 Å². The Morgan fingerprint density at radius 3 is 2.44 bits per heavy atom. The van der Waals surface area contributed by atoms with Gasteiger partial charge in [0.05, 0.1) is 5.69 Å². The number of alkyl halides is 3. The molecule has 4 rings (SSSR count). The van der Waals surface area contributed by atoms with Crippen molar-refractivity contribution in [2.45, 2.75) is 12.2 Å². The summed E-state index contributed by atoms with van der Waals surface area (Å²) in [6.07, 6.45) is -3.22. The molecule has 1 aromatic heterocycles. The van der Waals surface area contributed by atoms with Crippen LogP contribution < -0.4 is 16.0 Å². The first kappa shape index (κ1) is 15.9. The van der Waals surface area contributed by atoms with Crippen LogP contribution >= 0.6 is 0 Å². The quantitative estimate of drug-likeness (QED) is 0.794. The van der Waals surface area contributed by atoms with Gasteiger partial charge in [-0.3, -0.25) is 0 Å². The number of hydrogen-bond donors (Lipinski definition) is 3. The van der Waals surface area contributed by atoms with E-state index in [0.29, 0.717) is 23.2 Å². The highest BCUT2D eigenvalue weighted by molar-refractivity contribution is 5.89. The van der Waals surface area contributed by atoms with E-state index in [2.05, 4.69) is 21.0 Å². The second kappa shape index (κ2) is 5.76. The third kappa shape index (κ3) is 3.19. The van der Waals surface area contributed by atoms with Crippen LogP contribution in [0.3, 0.4) is 0 Å². The summed E-state index contributed by atoms with van der Waals surface area (Å²) >= 11 is 0. The molecule has 1 aliphatic heterocycles. The molecule has 2 amide bonds. The van der Waals surface area contributed by atoms with Crippen LogP contribution in [0.1, 0.15) is 5.69 Å². The molecule has 1 aliphatic carbocycles. The highest BCUT2D eigenvalue weighted by atomic mass is 19.4. The van der Waals surface area contributed by atoms with Crippen molar-refractivity contribution in [1.82, 2.24) is 20.4 Å². The van der Waals surface area contributed by atoms with Gasteiger partial charge in [-0.15, -0.1) is 0 Å². The fraction of sp³-hybridized carbons (Fsp3) is 0.375. The van der Waals surface area contributed by atoms with Gasteiger partial charge in [0.1, 0.15) is 0 Å². The van der Waals surface area contributed by atoms with Crippen molar-refractivity contribution >= 4 is 11.7 Å². The molecule has 2 aliphatic rings. The molecular formula is C16H16F3N5O. The number of nitrogens with zero attached hydrogens (tertiary/aromatic N) is 2. The Morgan fingerprint density at radius 1 is 1.16 bits per heavy atom. The molecule has 1 unspecified atom stereocenters. The van der Waals surface area contributed by atoms with E-state index in [0.717, 1.165) is 23.8 Å². The highest BCUT2D eigenvalue weighted by Crippen LogP contribution is 2.41. The van der Waals surface area contributed by atoms with Gasteiger partial charge in [-0.25, -0.2) is 9.48 Å². The second-order valence-corrected chi connectivity index (χ2v) is 6.30. The standard InChI is InChI=1S/C16H16F3N5O/c17-16(18,19)13-5-6-24(23-13)10-3-1-9(2-4-10)21-15(25)22-14-11-7-20-8-12(11)14/h1-6,11-12,14,20H,7-8H2,(H2,21,22,25)/t11-,12+,14?. The van der Waals surface area contributed by atoms with Gasteiger partial charge in [0.15, 0.2) is 5.69 Å². The lowest BCUT2D eigenvalue weighted by Crippen LogP contribution is -2.35. The summed E-state index contributed by atoms with van der Waals surface area (Å²) in [6.45, 7) is 1.88. The van der Waals surface area contributed by atoms with Gasteiger partial charge in [-0.2, -0.15) is 18.3 Å². The number of piperidine rings is 1. The lowest BCUT2D eigenvalue weighted by atomic mass is 10.3. The smallest absolute Gasteiger partial charge is 0.334 e. The van der Waals surface area contributed by atoms with E-state index >= 15 is 0 Å². The average Bonchev–Trinajstić information content (AvgIpc) is 3.02. The molecule has 1 saturated heterocycles. The molecule has 1 saturated carbocycles. The predicted octanol–water partition coefficient (Wildman–Crippen LogP) is 2.23. The third-order valence-electron chi connectivity index (χ3n) is 4.66. The molecule has 2 heterocycles. The number of carbonyl (C=O) groups excluding carboxylic acids is 1. The van der Waals surface area contributed by atoms with Crippen molar-refractivity contribution in [1.29, 1.82) is 0 Å². The Balaban J connectivity index is 1.37. The van der Waals surface area contributed by atoms with Gasteiger partial charge in [0.2, 0.25) is 0 Å². The van der Waals surface area contributed by atoms with Crippen LogP contribution in [0.15, 0.2) is 36.5 Å². The number of rotatable bonds is 3. The minimum Gasteiger partial charge on any atom is -0.334 e. The average molecular weight is 351 g/mol. The number of hydrogen-bond acceptors (Lipinski definition) is 3. The van der Waals surface area contributed by atoms with Crippen LogP contribution in [0, 0.1) is 11.8 Å². The normalized spacial score (nSPS) is 24.7. The number of urea groups is 1. The number of anilines is 1. The van der Waals surface area contributed by atoms with E-state index in [1.165, 1.54) is 6.20 Å². The molecule has 0 bridgehead atoms. The maximum atomic E-state index is 12.6. The lowest BCUT2D eigenvalue weighted by molar-refractivity contribution is -0.141. The number of halogens is 3. The summed E-state index contributed by atoms with van der Waals surface area (Å²) in [7, 11) is 0. The summed E-state index contributed by atoms with van der Waals surface area (Å²) < 4.78 is 38.9. The molecule has 25 heavy (non-hydrogen) atoms. The summed E-state index contributed by atoms with van der Waals surface area (Å²) in [5.74, 6) is 1.05. The second-order valence-electron chi connectivity index (χ2n) is 6.30. The minimum absolute atomic E-state index is 0.227. The Kier molecular flexibility index (Phi) is 3.68. The zero-order valence-electron chi connectivity index (χ0n) is 13.0. The van der Waals surface area contributed by atoms with Crippen molar-refractivity contribution < 1.29 is 18.0 Å². The van der Waals surface area contributed by atoms with Gasteiger partial charge >= 0.3 is 12.2 Å². The number of fused-ring (bicyclic) bond motifs is 1. The molecular weight excluding hydrogens is 335 g/mol. The molecule has 9 heteroatoms. The van der Waals surface area contributed by atoms with Crippen molar-refractivity contribution in [2.75, 3.05) is 18.4 Å². The number of aromatic nitrogens is 2. The van der Waals surface area contributed by atoms with Gasteiger partial charge in [-0.05, 0) is 42.2 Å². The number of amides is 2. The van der Waals surface area contributed by atoms with E-state index in [4.69, 9.17) is 0 Å². The van der Waals surface area contributed by atoms with E-state index in [1.807, 2.05) is 0 Å². The number of benzene rings is 1. The summed E-state index contributed by atoms with van der Waals surface area (Å²) in [6, 6.07) is 7.31. The van der Waals surface area contributed by atoms with Crippen molar-refractivity contribution in [2.24, 2.45) is 11.8 Å². The largest absolute Gasteiger partial charge is 0.435 e. The maximum Gasteiger partial charge on any atom is 0.435 e. The van der Waals surface area contributed by atoms with Crippen LogP contribution in [0.5, 0.6) is 0 Å². The Hall–Kier alpha value is -2.55. The van der Waals surface area contributed by atoms with Gasteiger partial charge < -0.3 is 16.0 Å². The first-order valence-corrected chi connectivity index (χ1v) is 7.93. The van der Waals surface area contributed by atoms with Crippen LogP contribution in [-0.4, -0.2) is 34.9 Å². The zero-order valence-corrected chi connectivity index (χ0v) is 13.0. The zero-order chi connectivity index (χ0) is 17.6. The van der Waals surface area contributed by atoms with Crippen molar-refractivity contribution in [3.8, 4) is 5.69 Å². The summed E-state index contributed by atoms with van der Waals surface area (Å²) in [4.78, 5) is 12.0. The number of nitrogens with one attached hydrogen (secondary N) is 3. The van der Waals surface area contributed by atoms with E-state index < -0.39 is 11.9 Å². The first-order valence-electron chi connectivity index (χ1n) is 7.93. The van der Waals surface area contributed by atoms with Crippen LogP contribution in [-0.2, 0) is 6.18 Å². The van der Waals surface area contributed by atoms with Crippen molar-refractivity contribution in [3.05, 3.63) is 42.2 Å². The van der Waals surface area contributed by atoms with Crippen LogP contribution in [0.25, 0.3) is 5.69 Å². The Labute approximate surface area is 141 Å². The van der Waals surface area contributed by atoms with E-state index in [1.54, 1.807) is 24.3 Å². The van der Waals surface area contributed by atoms with E-state index in [9.17, 15) is 18.0 Å². The molecule has 6 nitrogen and oxygen atoms in total. The van der Waals surface area contributed by atoms with Crippen LogP contribution in [0.2, 0.25) is 0 Å². The lowest BCUT2D eigenvalue weighted by Gasteiger charge is -2.10. The molecule has 0 spiro atoms. The van der Waals surface area contributed by atoms with Crippen LogP contribution in [0.4, 0.5) is 23.7 Å². The summed E-state index contributed by atoms with van der Waals surface area (Å²) in [5, 5.41) is 12.4. The monoisotopic (exact) mass is 351 g/mol. The predicted molar refractivity (Wildman–Crippen MR) is 84.4 cm³/mol. The number of carbonyl (C=O) groups is 1. The first-order chi connectivity index (χ1) is 11.9. The molecule has 1 aromatic carbocycles. The van der Waals surface area contributed by atoms with Crippen molar-refractivity contribution in [3.63, 3.8) is 0 Å². The Bertz CT molecular complexity index is 776. The maximum absolute atomic E-state index is 12.6. The molecule has 3 N–H and O–H groups in total. The van der Waals surface area contributed by atoms with Gasteiger partial charge in [-0.1, -0.05) is 0 Å². The summed E-state index contributed by atoms with van der Waals surface area (Å²) in [5.41, 5.74) is 0.0937.